The Labute approximate surface area is 289 Å². The molecule has 1 saturated heterocycles. The first-order chi connectivity index (χ1) is 24.0. The van der Waals surface area contributed by atoms with Crippen molar-refractivity contribution in [2.75, 3.05) is 39.4 Å². The van der Waals surface area contributed by atoms with Crippen LogP contribution in [-0.2, 0) is 19.1 Å². The van der Waals surface area contributed by atoms with Gasteiger partial charge >= 0.3 is 18.1 Å². The van der Waals surface area contributed by atoms with Crippen molar-refractivity contribution in [3.63, 3.8) is 0 Å². The van der Waals surface area contributed by atoms with Crippen molar-refractivity contribution in [3.8, 4) is 11.6 Å². The topological polar surface area (TPSA) is 207 Å². The molecule has 2 heterocycles. The van der Waals surface area contributed by atoms with E-state index in [2.05, 4.69) is 10.4 Å². The summed E-state index contributed by atoms with van der Waals surface area (Å²) in [5.41, 5.74) is 5.54. The van der Waals surface area contributed by atoms with E-state index in [1.807, 2.05) is 0 Å². The number of nitrogens with one attached hydrogen (secondary N) is 1. The molecule has 3 fully saturated rings. The Kier molecular flexibility index (Phi) is 11.6. The van der Waals surface area contributed by atoms with Gasteiger partial charge < -0.3 is 35.4 Å². The molecule has 1 aromatic heterocycles. The maximum Gasteiger partial charge on any atom is 0.409 e. The average Bonchev–Trinajstić information content (AvgIpc) is 3.78. The number of rotatable bonds is 13. The van der Waals surface area contributed by atoms with Gasteiger partial charge in [-0.2, -0.15) is 5.10 Å². The molecule has 0 bridgehead atoms. The Morgan fingerprint density at radius 3 is 2.26 bits per heavy atom. The van der Waals surface area contributed by atoms with Crippen molar-refractivity contribution >= 4 is 35.8 Å². The number of carboxylic acid groups (broad SMARTS) is 1. The number of nitrogens with two attached hydrogens (primary N) is 1. The van der Waals surface area contributed by atoms with Crippen LogP contribution in [0.15, 0.2) is 36.4 Å². The zero-order chi connectivity index (χ0) is 35.8. The highest BCUT2D eigenvalue weighted by Gasteiger charge is 2.53. The Morgan fingerprint density at radius 2 is 1.68 bits per heavy atom. The number of ether oxygens (including phenoxy) is 2. The fourth-order valence-corrected chi connectivity index (χ4v) is 7.24. The number of hydrogen-bond donors (Lipinski definition) is 3. The Bertz CT molecular complexity index is 1560. The molecule has 2 aromatic rings. The quantitative estimate of drug-likeness (QED) is 0.279. The molecule has 16 heteroatoms. The summed E-state index contributed by atoms with van der Waals surface area (Å²) in [5, 5.41) is 16.4. The van der Waals surface area contributed by atoms with Gasteiger partial charge in [0.1, 0.15) is 6.04 Å². The summed E-state index contributed by atoms with van der Waals surface area (Å²) in [6.45, 7) is 2.18. The SMILES string of the molecule is CCOC(=O)N1CCN(C(=O)[C@H](CCC(=O)O)NC(=O)c2cc(OCC(=O)N(C(N)=O)C3(C4CCCC4)CCC3)n(-c3ccccc3)n2)CC1. The van der Waals surface area contributed by atoms with Gasteiger partial charge in [0.15, 0.2) is 12.3 Å². The number of amides is 6. The van der Waals surface area contributed by atoms with Crippen molar-refractivity contribution in [1.82, 2.24) is 29.8 Å². The molecule has 0 unspecified atom stereocenters. The third-order valence-corrected chi connectivity index (χ3v) is 9.87. The van der Waals surface area contributed by atoms with Gasteiger partial charge in [0.25, 0.3) is 11.8 Å². The second kappa shape index (κ2) is 16.0. The lowest BCUT2D eigenvalue weighted by molar-refractivity contribution is -0.142. The smallest absolute Gasteiger partial charge is 0.409 e. The number of piperazine rings is 1. The number of nitrogens with zero attached hydrogens (tertiary/aromatic N) is 5. The van der Waals surface area contributed by atoms with Gasteiger partial charge in [-0.05, 0) is 63.5 Å². The normalized spacial score (nSPS) is 17.7. The molecule has 3 aliphatic rings. The van der Waals surface area contributed by atoms with Crippen molar-refractivity contribution < 1.29 is 43.3 Å². The number of hydrogen-bond acceptors (Lipinski definition) is 9. The van der Waals surface area contributed by atoms with E-state index in [0.717, 1.165) is 32.1 Å². The summed E-state index contributed by atoms with van der Waals surface area (Å²) in [6, 6.07) is 8.05. The number of aromatic nitrogens is 2. The summed E-state index contributed by atoms with van der Waals surface area (Å²) >= 11 is 0. The van der Waals surface area contributed by atoms with E-state index in [4.69, 9.17) is 15.2 Å². The number of carbonyl (C=O) groups excluding carboxylic acids is 5. The van der Waals surface area contributed by atoms with E-state index in [0.29, 0.717) is 18.5 Å². The molecule has 0 spiro atoms. The van der Waals surface area contributed by atoms with Crippen molar-refractivity contribution in [1.29, 1.82) is 0 Å². The molecule has 50 heavy (non-hydrogen) atoms. The molecular weight excluding hydrogens is 650 g/mol. The molecule has 5 rings (SSSR count). The van der Waals surface area contributed by atoms with E-state index in [9.17, 15) is 33.9 Å². The number of imide groups is 1. The molecule has 16 nitrogen and oxygen atoms in total. The minimum atomic E-state index is -1.20. The number of carbonyl (C=O) groups is 6. The van der Waals surface area contributed by atoms with Crippen LogP contribution in [0.1, 0.15) is 75.2 Å². The molecule has 6 amide bonds. The number of aliphatic carboxylic acids is 1. The lowest BCUT2D eigenvalue weighted by Gasteiger charge is -2.52. The Balaban J connectivity index is 1.32. The molecule has 2 saturated carbocycles. The first kappa shape index (κ1) is 36.1. The summed E-state index contributed by atoms with van der Waals surface area (Å²) in [7, 11) is 0. The zero-order valence-corrected chi connectivity index (χ0v) is 28.3. The van der Waals surface area contributed by atoms with Gasteiger partial charge in [0.05, 0.1) is 17.8 Å². The standard InChI is InChI=1S/C34H45N7O9/c1-2-49-33(48)39-19-17-38(18-20-39)31(46)25(13-14-29(43)44)36-30(45)26-21-28(41(37-26)24-11-4-3-5-12-24)50-22-27(42)40(32(35)47)34(15-8-16-34)23-9-6-7-10-23/h3-5,11-12,21,23,25H,2,6-10,13-20,22H2,1H3,(H2,35,47)(H,36,45)(H,43,44)/t25-/m0/s1. The van der Waals surface area contributed by atoms with Gasteiger partial charge in [-0.3, -0.25) is 24.1 Å². The summed E-state index contributed by atoms with van der Waals surface area (Å²) in [5.74, 6) is -2.76. The van der Waals surface area contributed by atoms with Crippen LogP contribution in [-0.4, -0.2) is 116 Å². The lowest BCUT2D eigenvalue weighted by atomic mass is 9.66. The molecule has 0 radical (unpaired) electrons. The molecule has 1 aromatic carbocycles. The summed E-state index contributed by atoms with van der Waals surface area (Å²) < 4.78 is 12.3. The lowest BCUT2D eigenvalue weighted by Crippen LogP contribution is -2.64. The third kappa shape index (κ3) is 8.00. The van der Waals surface area contributed by atoms with Crippen LogP contribution in [0.25, 0.3) is 5.69 Å². The number of carboxylic acids is 1. The molecule has 1 aliphatic heterocycles. The van der Waals surface area contributed by atoms with E-state index in [1.165, 1.54) is 25.4 Å². The van der Waals surface area contributed by atoms with Crippen LogP contribution < -0.4 is 15.8 Å². The Morgan fingerprint density at radius 1 is 1.02 bits per heavy atom. The third-order valence-electron chi connectivity index (χ3n) is 9.87. The van der Waals surface area contributed by atoms with Crippen LogP contribution >= 0.6 is 0 Å². The second-order valence-electron chi connectivity index (χ2n) is 12.9. The van der Waals surface area contributed by atoms with Crippen LogP contribution in [0, 0.1) is 5.92 Å². The zero-order valence-electron chi connectivity index (χ0n) is 28.3. The van der Waals surface area contributed by atoms with Crippen molar-refractivity contribution in [2.45, 2.75) is 76.3 Å². The molecule has 1 atom stereocenters. The fraction of sp³-hybridized carbons (Fsp3) is 0.559. The van der Waals surface area contributed by atoms with Gasteiger partial charge in [-0.25, -0.2) is 14.3 Å². The first-order valence-corrected chi connectivity index (χ1v) is 17.2. The summed E-state index contributed by atoms with van der Waals surface area (Å²) in [6.07, 6.45) is 5.18. The van der Waals surface area contributed by atoms with Crippen molar-refractivity contribution in [3.05, 3.63) is 42.1 Å². The highest BCUT2D eigenvalue weighted by Crippen LogP contribution is 2.49. The van der Waals surface area contributed by atoms with Crippen LogP contribution in [0.5, 0.6) is 5.88 Å². The fourth-order valence-electron chi connectivity index (χ4n) is 7.24. The maximum absolute atomic E-state index is 13.6. The minimum Gasteiger partial charge on any atom is -0.481 e. The average molecular weight is 696 g/mol. The number of urea groups is 1. The van der Waals surface area contributed by atoms with Gasteiger partial charge in [0, 0.05) is 38.7 Å². The minimum absolute atomic E-state index is 0.0335. The summed E-state index contributed by atoms with van der Waals surface area (Å²) in [4.78, 5) is 81.1. The van der Waals surface area contributed by atoms with E-state index >= 15 is 0 Å². The largest absolute Gasteiger partial charge is 0.481 e. The van der Waals surface area contributed by atoms with E-state index < -0.39 is 54.0 Å². The maximum atomic E-state index is 13.6. The van der Waals surface area contributed by atoms with Gasteiger partial charge in [0.2, 0.25) is 11.8 Å². The first-order valence-electron chi connectivity index (χ1n) is 17.2. The predicted molar refractivity (Wildman–Crippen MR) is 177 cm³/mol. The second-order valence-corrected chi connectivity index (χ2v) is 12.9. The van der Waals surface area contributed by atoms with E-state index in [1.54, 1.807) is 37.3 Å². The van der Waals surface area contributed by atoms with Crippen LogP contribution in [0.4, 0.5) is 9.59 Å². The number of primary amides is 1. The molecular formula is C34H45N7O9. The molecule has 2 aliphatic carbocycles. The number of benzene rings is 1. The van der Waals surface area contributed by atoms with Gasteiger partial charge in [-0.1, -0.05) is 31.0 Å². The van der Waals surface area contributed by atoms with Gasteiger partial charge in [-0.15, -0.1) is 0 Å². The molecule has 270 valence electrons. The number of para-hydroxylation sites is 1. The monoisotopic (exact) mass is 695 g/mol. The van der Waals surface area contributed by atoms with E-state index in [-0.39, 0.29) is 63.1 Å². The highest BCUT2D eigenvalue weighted by molar-refractivity contribution is 5.97. The van der Waals surface area contributed by atoms with Crippen molar-refractivity contribution in [2.24, 2.45) is 11.7 Å². The molecule has 4 N–H and O–H groups in total. The van der Waals surface area contributed by atoms with Crippen LogP contribution in [0.2, 0.25) is 0 Å². The Hall–Kier alpha value is -5.15. The van der Waals surface area contributed by atoms with Crippen LogP contribution in [0.3, 0.4) is 0 Å². The highest BCUT2D eigenvalue weighted by atomic mass is 16.6. The predicted octanol–water partition coefficient (Wildman–Crippen LogP) is 2.54.